The number of hydrogen-bond donors (Lipinski definition) is 1. The Bertz CT molecular complexity index is 384. The number of hydrogen-bond acceptors (Lipinski definition) is 2. The summed E-state index contributed by atoms with van der Waals surface area (Å²) in [5.41, 5.74) is 0. The largest absolute Gasteiger partial charge is 0.314 e. The highest BCUT2D eigenvalue weighted by molar-refractivity contribution is 7.85. The summed E-state index contributed by atoms with van der Waals surface area (Å²) in [6, 6.07) is 6.51. The Morgan fingerprint density at radius 1 is 1.44 bits per heavy atom. The first-order chi connectivity index (χ1) is 8.63. The molecular weight excluding hydrogens is 249 g/mol. The molecule has 1 rings (SSSR count). The van der Waals surface area contributed by atoms with Crippen LogP contribution in [-0.2, 0) is 10.8 Å². The van der Waals surface area contributed by atoms with Crippen LogP contribution in [0.1, 0.15) is 33.1 Å². The highest BCUT2D eigenvalue weighted by atomic mass is 32.2. The Morgan fingerprint density at radius 2 is 2.22 bits per heavy atom. The summed E-state index contributed by atoms with van der Waals surface area (Å²) in [7, 11) is -1.08. The fourth-order valence-electron chi connectivity index (χ4n) is 1.74. The zero-order valence-electron chi connectivity index (χ0n) is 11.1. The van der Waals surface area contributed by atoms with Gasteiger partial charge in [-0.2, -0.15) is 0 Å². The molecule has 0 fully saturated rings. The van der Waals surface area contributed by atoms with E-state index in [0.29, 0.717) is 16.7 Å². The maximum absolute atomic E-state index is 13.0. The molecule has 0 bridgehead atoms. The number of nitrogens with one attached hydrogen (secondary N) is 1. The fraction of sp³-hybridized carbons (Fsp3) is 0.571. The van der Waals surface area contributed by atoms with Crippen molar-refractivity contribution in [2.75, 3.05) is 12.3 Å². The van der Waals surface area contributed by atoms with Gasteiger partial charge in [-0.3, -0.25) is 4.21 Å². The second-order valence-corrected chi connectivity index (χ2v) is 6.08. The SMILES string of the molecule is CCCNC(C)CCCS(=O)c1cccc(F)c1. The van der Waals surface area contributed by atoms with E-state index in [2.05, 4.69) is 19.2 Å². The molecular formula is C14H22FNOS. The minimum atomic E-state index is -1.08. The van der Waals surface area contributed by atoms with Crippen LogP contribution in [0, 0.1) is 5.82 Å². The van der Waals surface area contributed by atoms with Crippen LogP contribution in [0.4, 0.5) is 4.39 Å². The van der Waals surface area contributed by atoms with Crippen LogP contribution in [0.3, 0.4) is 0 Å². The molecule has 4 heteroatoms. The first-order valence-electron chi connectivity index (χ1n) is 6.50. The van der Waals surface area contributed by atoms with E-state index in [1.165, 1.54) is 12.1 Å². The molecule has 102 valence electrons. The molecule has 0 aliphatic rings. The highest BCUT2D eigenvalue weighted by Gasteiger charge is 2.06. The smallest absolute Gasteiger partial charge is 0.124 e. The predicted octanol–water partition coefficient (Wildman–Crippen LogP) is 3.10. The van der Waals surface area contributed by atoms with E-state index < -0.39 is 10.8 Å². The van der Waals surface area contributed by atoms with Crippen molar-refractivity contribution in [3.05, 3.63) is 30.1 Å². The predicted molar refractivity (Wildman–Crippen MR) is 74.7 cm³/mol. The van der Waals surface area contributed by atoms with Gasteiger partial charge in [0.1, 0.15) is 5.82 Å². The molecule has 0 aromatic heterocycles. The van der Waals surface area contributed by atoms with Crippen LogP contribution in [0.2, 0.25) is 0 Å². The van der Waals surface area contributed by atoms with Gasteiger partial charge < -0.3 is 5.32 Å². The van der Waals surface area contributed by atoms with E-state index in [0.717, 1.165) is 25.8 Å². The molecule has 2 unspecified atom stereocenters. The molecule has 0 spiro atoms. The molecule has 2 nitrogen and oxygen atoms in total. The van der Waals surface area contributed by atoms with Gasteiger partial charge in [0, 0.05) is 16.7 Å². The van der Waals surface area contributed by atoms with Gasteiger partial charge in [0.05, 0.1) is 10.8 Å². The lowest BCUT2D eigenvalue weighted by Gasteiger charge is -2.12. The summed E-state index contributed by atoms with van der Waals surface area (Å²) >= 11 is 0. The molecule has 0 amide bonds. The Labute approximate surface area is 111 Å². The molecule has 0 radical (unpaired) electrons. The summed E-state index contributed by atoms with van der Waals surface area (Å²) in [6.45, 7) is 5.30. The third kappa shape index (κ3) is 5.74. The molecule has 0 saturated heterocycles. The zero-order chi connectivity index (χ0) is 13.4. The maximum Gasteiger partial charge on any atom is 0.124 e. The summed E-state index contributed by atoms with van der Waals surface area (Å²) in [5, 5.41) is 3.40. The fourth-order valence-corrected chi connectivity index (χ4v) is 2.88. The summed E-state index contributed by atoms with van der Waals surface area (Å²) in [6.07, 6.45) is 3.02. The highest BCUT2D eigenvalue weighted by Crippen LogP contribution is 2.10. The molecule has 1 aromatic rings. The standard InChI is InChI=1S/C14H22FNOS/c1-3-9-16-12(2)6-5-10-18(17)14-8-4-7-13(15)11-14/h4,7-8,11-12,16H,3,5-6,9-10H2,1-2H3. The third-order valence-electron chi connectivity index (χ3n) is 2.77. The van der Waals surface area contributed by atoms with Crippen LogP contribution in [-0.4, -0.2) is 22.5 Å². The van der Waals surface area contributed by atoms with Gasteiger partial charge in [-0.15, -0.1) is 0 Å². The molecule has 18 heavy (non-hydrogen) atoms. The van der Waals surface area contributed by atoms with Crippen molar-refractivity contribution in [2.24, 2.45) is 0 Å². The van der Waals surface area contributed by atoms with Crippen LogP contribution in [0.25, 0.3) is 0 Å². The van der Waals surface area contributed by atoms with E-state index >= 15 is 0 Å². The van der Waals surface area contributed by atoms with Crippen LogP contribution >= 0.6 is 0 Å². The van der Waals surface area contributed by atoms with Gasteiger partial charge in [0.2, 0.25) is 0 Å². The number of halogens is 1. The molecule has 0 aliphatic carbocycles. The van der Waals surface area contributed by atoms with Crippen molar-refractivity contribution in [2.45, 2.75) is 44.0 Å². The van der Waals surface area contributed by atoms with Crippen molar-refractivity contribution >= 4 is 10.8 Å². The summed E-state index contributed by atoms with van der Waals surface area (Å²) in [5.74, 6) is 0.278. The summed E-state index contributed by atoms with van der Waals surface area (Å²) < 4.78 is 24.9. The quantitative estimate of drug-likeness (QED) is 0.787. The van der Waals surface area contributed by atoms with Gasteiger partial charge in [-0.05, 0) is 50.9 Å². The van der Waals surface area contributed by atoms with Crippen LogP contribution in [0.15, 0.2) is 29.2 Å². The number of rotatable bonds is 8. The lowest BCUT2D eigenvalue weighted by molar-refractivity contribution is 0.509. The second kappa shape index (κ2) is 8.38. The maximum atomic E-state index is 13.0. The van der Waals surface area contributed by atoms with E-state index in [9.17, 15) is 8.60 Å². The average Bonchev–Trinajstić information content (AvgIpc) is 2.36. The third-order valence-corrected chi connectivity index (χ3v) is 4.21. The minimum absolute atomic E-state index is 0.321. The lowest BCUT2D eigenvalue weighted by Crippen LogP contribution is -2.26. The zero-order valence-corrected chi connectivity index (χ0v) is 11.9. The number of benzene rings is 1. The van der Waals surface area contributed by atoms with Crippen molar-refractivity contribution in [3.8, 4) is 0 Å². The molecule has 0 heterocycles. The monoisotopic (exact) mass is 271 g/mol. The molecule has 2 atom stereocenters. The topological polar surface area (TPSA) is 29.1 Å². The normalized spacial score (nSPS) is 14.4. The lowest BCUT2D eigenvalue weighted by atomic mass is 10.2. The molecule has 0 aliphatic heterocycles. The average molecular weight is 271 g/mol. The van der Waals surface area contributed by atoms with Gasteiger partial charge >= 0.3 is 0 Å². The molecule has 1 N–H and O–H groups in total. The van der Waals surface area contributed by atoms with Gasteiger partial charge in [0.25, 0.3) is 0 Å². The van der Waals surface area contributed by atoms with Gasteiger partial charge in [-0.1, -0.05) is 13.0 Å². The van der Waals surface area contributed by atoms with Gasteiger partial charge in [-0.25, -0.2) is 4.39 Å². The van der Waals surface area contributed by atoms with E-state index in [1.807, 2.05) is 0 Å². The van der Waals surface area contributed by atoms with Crippen LogP contribution in [0.5, 0.6) is 0 Å². The van der Waals surface area contributed by atoms with E-state index in [1.54, 1.807) is 12.1 Å². The van der Waals surface area contributed by atoms with Gasteiger partial charge in [0.15, 0.2) is 0 Å². The molecule has 0 saturated carbocycles. The minimum Gasteiger partial charge on any atom is -0.314 e. The van der Waals surface area contributed by atoms with Crippen molar-refractivity contribution in [1.82, 2.24) is 5.32 Å². The Balaban J connectivity index is 2.29. The first kappa shape index (κ1) is 15.3. The Kier molecular flexibility index (Phi) is 7.13. The van der Waals surface area contributed by atoms with Crippen LogP contribution < -0.4 is 5.32 Å². The molecule has 1 aromatic carbocycles. The van der Waals surface area contributed by atoms with Crippen molar-refractivity contribution in [1.29, 1.82) is 0 Å². The first-order valence-corrected chi connectivity index (χ1v) is 7.82. The van der Waals surface area contributed by atoms with Crippen molar-refractivity contribution in [3.63, 3.8) is 0 Å². The Hall–Kier alpha value is -0.740. The Morgan fingerprint density at radius 3 is 2.89 bits per heavy atom. The van der Waals surface area contributed by atoms with E-state index in [4.69, 9.17) is 0 Å². The van der Waals surface area contributed by atoms with Crippen molar-refractivity contribution < 1.29 is 8.60 Å². The second-order valence-electron chi connectivity index (χ2n) is 4.50. The van der Waals surface area contributed by atoms with E-state index in [-0.39, 0.29) is 5.82 Å². The summed E-state index contributed by atoms with van der Waals surface area (Å²) in [4.78, 5) is 0.587.